The average Bonchev–Trinajstić information content (AvgIpc) is 2.46. The van der Waals surface area contributed by atoms with E-state index in [1.54, 1.807) is 30.0 Å². The van der Waals surface area contributed by atoms with E-state index in [0.717, 1.165) is 17.3 Å². The minimum atomic E-state index is -0.231. The number of amides is 1. The van der Waals surface area contributed by atoms with E-state index in [4.69, 9.17) is 16.3 Å². The lowest BCUT2D eigenvalue weighted by atomic mass is 9.97. The zero-order valence-electron chi connectivity index (χ0n) is 11.8. The van der Waals surface area contributed by atoms with E-state index in [1.165, 1.54) is 0 Å². The second-order valence-corrected chi connectivity index (χ2v) is 6.35. The summed E-state index contributed by atoms with van der Waals surface area (Å²) in [6.45, 7) is 3.21. The highest BCUT2D eigenvalue weighted by Gasteiger charge is 2.29. The Morgan fingerprint density at radius 2 is 2.19 bits per heavy atom. The third-order valence-corrected chi connectivity index (χ3v) is 4.11. The number of carbonyl (C=O) groups is 2. The molecule has 4 nitrogen and oxygen atoms in total. The Morgan fingerprint density at radius 3 is 2.86 bits per heavy atom. The first-order valence-electron chi connectivity index (χ1n) is 6.93. The predicted molar refractivity (Wildman–Crippen MR) is 84.4 cm³/mol. The van der Waals surface area contributed by atoms with Gasteiger partial charge in [0, 0.05) is 28.1 Å². The first kappa shape index (κ1) is 16.3. The maximum atomic E-state index is 12.5. The molecule has 0 aromatic heterocycles. The van der Waals surface area contributed by atoms with Gasteiger partial charge < -0.3 is 9.64 Å². The number of carbonyl (C=O) groups excluding carboxylic acids is 2. The summed E-state index contributed by atoms with van der Waals surface area (Å²) in [6.07, 6.45) is 1.57. The van der Waals surface area contributed by atoms with Crippen LogP contribution < -0.4 is 0 Å². The van der Waals surface area contributed by atoms with E-state index in [2.05, 4.69) is 15.9 Å². The lowest BCUT2D eigenvalue weighted by molar-refractivity contribution is -0.149. The molecule has 1 aliphatic heterocycles. The van der Waals surface area contributed by atoms with Gasteiger partial charge >= 0.3 is 5.97 Å². The molecule has 0 N–H and O–H groups in total. The molecular weight excluding hydrogens is 358 g/mol. The highest BCUT2D eigenvalue weighted by molar-refractivity contribution is 9.10. The molecule has 21 heavy (non-hydrogen) atoms. The van der Waals surface area contributed by atoms with Crippen LogP contribution in [0.4, 0.5) is 0 Å². The largest absolute Gasteiger partial charge is 0.466 e. The lowest BCUT2D eigenvalue weighted by Gasteiger charge is -2.31. The summed E-state index contributed by atoms with van der Waals surface area (Å²) < 4.78 is 5.81. The van der Waals surface area contributed by atoms with Gasteiger partial charge in [-0.05, 0) is 38.0 Å². The molecule has 0 unspecified atom stereocenters. The molecule has 1 atom stereocenters. The van der Waals surface area contributed by atoms with E-state index in [9.17, 15) is 9.59 Å². The summed E-state index contributed by atoms with van der Waals surface area (Å²) in [5, 5.41) is 0.506. The molecule has 6 heteroatoms. The average molecular weight is 375 g/mol. The van der Waals surface area contributed by atoms with Crippen LogP contribution in [0.5, 0.6) is 0 Å². The van der Waals surface area contributed by atoms with Crippen LogP contribution >= 0.6 is 27.5 Å². The van der Waals surface area contributed by atoms with E-state index in [-0.39, 0.29) is 17.8 Å². The Bertz CT molecular complexity index is 529. The second-order valence-electron chi connectivity index (χ2n) is 5.00. The number of hydrogen-bond acceptors (Lipinski definition) is 3. The van der Waals surface area contributed by atoms with Crippen molar-refractivity contribution in [2.24, 2.45) is 5.92 Å². The molecule has 0 radical (unpaired) electrons. The Balaban J connectivity index is 2.10. The van der Waals surface area contributed by atoms with Crippen molar-refractivity contribution in [3.63, 3.8) is 0 Å². The van der Waals surface area contributed by atoms with Gasteiger partial charge in [0.15, 0.2) is 0 Å². The molecule has 0 bridgehead atoms. The van der Waals surface area contributed by atoms with Gasteiger partial charge in [-0.3, -0.25) is 9.59 Å². The van der Waals surface area contributed by atoms with Crippen LogP contribution in [0.3, 0.4) is 0 Å². The molecule has 1 aromatic carbocycles. The number of piperidine rings is 1. The SMILES string of the molecule is CCOC(=O)[C@@H]1CCCN(C(=O)c2cc(Cl)cc(Br)c2)C1. The van der Waals surface area contributed by atoms with Gasteiger partial charge in [-0.15, -0.1) is 0 Å². The summed E-state index contributed by atoms with van der Waals surface area (Å²) in [5.74, 6) is -0.556. The van der Waals surface area contributed by atoms with Crippen molar-refractivity contribution in [1.82, 2.24) is 4.90 Å². The monoisotopic (exact) mass is 373 g/mol. The van der Waals surface area contributed by atoms with Gasteiger partial charge in [-0.25, -0.2) is 0 Å². The molecule has 1 amide bonds. The van der Waals surface area contributed by atoms with Gasteiger partial charge in [0.05, 0.1) is 12.5 Å². The summed E-state index contributed by atoms with van der Waals surface area (Å²) >= 11 is 9.31. The molecule has 2 rings (SSSR count). The number of ether oxygens (including phenoxy) is 1. The van der Waals surface area contributed by atoms with Gasteiger partial charge in [-0.2, -0.15) is 0 Å². The Morgan fingerprint density at radius 1 is 1.43 bits per heavy atom. The predicted octanol–water partition coefficient (Wildman–Crippen LogP) is 3.52. The maximum Gasteiger partial charge on any atom is 0.310 e. The summed E-state index contributed by atoms with van der Waals surface area (Å²) in [6, 6.07) is 5.11. The number of esters is 1. The van der Waals surface area contributed by atoms with Crippen LogP contribution in [-0.4, -0.2) is 36.5 Å². The van der Waals surface area contributed by atoms with Crippen LogP contribution in [0, 0.1) is 5.92 Å². The highest BCUT2D eigenvalue weighted by atomic mass is 79.9. The Labute approximate surface area is 137 Å². The van der Waals surface area contributed by atoms with Crippen LogP contribution in [0.1, 0.15) is 30.1 Å². The molecule has 1 fully saturated rings. The quantitative estimate of drug-likeness (QED) is 0.761. The first-order chi connectivity index (χ1) is 10.0. The number of halogens is 2. The maximum absolute atomic E-state index is 12.5. The molecule has 1 aromatic rings. The smallest absolute Gasteiger partial charge is 0.310 e. The molecule has 0 aliphatic carbocycles. The van der Waals surface area contributed by atoms with Crippen LogP contribution in [0.2, 0.25) is 5.02 Å². The van der Waals surface area contributed by atoms with Crippen LogP contribution in [0.25, 0.3) is 0 Å². The van der Waals surface area contributed by atoms with E-state index in [0.29, 0.717) is 30.3 Å². The normalized spacial score (nSPS) is 18.4. The number of rotatable bonds is 3. The number of nitrogens with zero attached hydrogens (tertiary/aromatic N) is 1. The number of benzene rings is 1. The van der Waals surface area contributed by atoms with Crippen molar-refractivity contribution in [2.75, 3.05) is 19.7 Å². The Kier molecular flexibility index (Phi) is 5.65. The number of hydrogen-bond donors (Lipinski definition) is 0. The van der Waals surface area contributed by atoms with Crippen LogP contribution in [0.15, 0.2) is 22.7 Å². The van der Waals surface area contributed by atoms with Crippen molar-refractivity contribution in [3.8, 4) is 0 Å². The molecule has 1 heterocycles. The van der Waals surface area contributed by atoms with E-state index < -0.39 is 0 Å². The standard InChI is InChI=1S/C15H17BrClNO3/c1-2-21-15(20)10-4-3-5-18(9-10)14(19)11-6-12(16)8-13(17)7-11/h6-8,10H,2-5,9H2,1H3/t10-/m1/s1. The molecular formula is C15H17BrClNO3. The van der Waals surface area contributed by atoms with E-state index in [1.807, 2.05) is 0 Å². The van der Waals surface area contributed by atoms with Gasteiger partial charge in [0.1, 0.15) is 0 Å². The zero-order chi connectivity index (χ0) is 15.4. The third kappa shape index (κ3) is 4.20. The highest BCUT2D eigenvalue weighted by Crippen LogP contribution is 2.23. The Hall–Kier alpha value is -1.07. The van der Waals surface area contributed by atoms with Crippen molar-refractivity contribution >= 4 is 39.4 Å². The van der Waals surface area contributed by atoms with E-state index >= 15 is 0 Å². The van der Waals surface area contributed by atoms with Crippen molar-refractivity contribution in [2.45, 2.75) is 19.8 Å². The molecule has 114 valence electrons. The summed E-state index contributed by atoms with van der Waals surface area (Å²) in [7, 11) is 0. The zero-order valence-corrected chi connectivity index (χ0v) is 14.1. The fraction of sp³-hybridized carbons (Fsp3) is 0.467. The second kappa shape index (κ2) is 7.27. The summed E-state index contributed by atoms with van der Waals surface area (Å²) in [4.78, 5) is 26.0. The van der Waals surface area contributed by atoms with Crippen LogP contribution in [-0.2, 0) is 9.53 Å². The molecule has 0 spiro atoms. The van der Waals surface area contributed by atoms with Gasteiger partial charge in [-0.1, -0.05) is 27.5 Å². The first-order valence-corrected chi connectivity index (χ1v) is 8.10. The molecule has 1 aliphatic rings. The fourth-order valence-corrected chi connectivity index (χ4v) is 3.33. The van der Waals surface area contributed by atoms with Crippen molar-refractivity contribution < 1.29 is 14.3 Å². The summed E-state index contributed by atoms with van der Waals surface area (Å²) in [5.41, 5.74) is 0.527. The molecule has 0 saturated carbocycles. The van der Waals surface area contributed by atoms with Gasteiger partial charge in [0.2, 0.25) is 0 Å². The topological polar surface area (TPSA) is 46.6 Å². The minimum Gasteiger partial charge on any atom is -0.466 e. The van der Waals surface area contributed by atoms with Crippen molar-refractivity contribution in [3.05, 3.63) is 33.3 Å². The molecule has 1 saturated heterocycles. The van der Waals surface area contributed by atoms with Crippen molar-refractivity contribution in [1.29, 1.82) is 0 Å². The number of likely N-dealkylation sites (tertiary alicyclic amines) is 1. The third-order valence-electron chi connectivity index (χ3n) is 3.44. The lowest BCUT2D eigenvalue weighted by Crippen LogP contribution is -2.42. The minimum absolute atomic E-state index is 0.104. The fourth-order valence-electron chi connectivity index (χ4n) is 2.47. The van der Waals surface area contributed by atoms with Gasteiger partial charge in [0.25, 0.3) is 5.91 Å².